The summed E-state index contributed by atoms with van der Waals surface area (Å²) in [6.07, 6.45) is -3.38. The highest BCUT2D eigenvalue weighted by molar-refractivity contribution is 5.86. The summed E-state index contributed by atoms with van der Waals surface area (Å²) in [5.74, 6) is -1.000. The Morgan fingerprint density at radius 3 is 2.68 bits per heavy atom. The number of methoxy groups -OCH3 is 1. The summed E-state index contributed by atoms with van der Waals surface area (Å²) in [6, 6.07) is 3.41. The molecule has 1 aromatic carbocycles. The molecule has 0 radical (unpaired) electrons. The summed E-state index contributed by atoms with van der Waals surface area (Å²) in [4.78, 5) is 11.5. The number of carbonyl (C=O) groups excluding carboxylic acids is 1. The third kappa shape index (κ3) is 3.18. The molecule has 6 nitrogen and oxygen atoms in total. The fraction of sp³-hybridized carbons (Fsp3) is 0.308. The maximum absolute atomic E-state index is 13.0. The van der Waals surface area contributed by atoms with E-state index in [-0.39, 0.29) is 23.7 Å². The van der Waals surface area contributed by atoms with Crippen molar-refractivity contribution in [2.45, 2.75) is 13.1 Å². The van der Waals surface area contributed by atoms with Crippen LogP contribution in [0.15, 0.2) is 24.4 Å². The minimum absolute atomic E-state index is 0.0915. The minimum atomic E-state index is -4.58. The van der Waals surface area contributed by atoms with Crippen LogP contribution in [0, 0.1) is 0 Å². The van der Waals surface area contributed by atoms with Crippen LogP contribution >= 0.6 is 0 Å². The molecular weight excluding hydrogens is 303 g/mol. The number of ether oxygens (including phenoxy) is 2. The molecule has 0 unspecified atom stereocenters. The molecule has 0 saturated heterocycles. The van der Waals surface area contributed by atoms with Gasteiger partial charge in [-0.15, -0.1) is 5.10 Å². The molecule has 0 saturated carbocycles. The number of halogens is 3. The van der Waals surface area contributed by atoms with Crippen molar-refractivity contribution in [1.82, 2.24) is 15.0 Å². The molecule has 0 aliphatic carbocycles. The van der Waals surface area contributed by atoms with Gasteiger partial charge in [0.2, 0.25) is 0 Å². The number of hydrogen-bond acceptors (Lipinski definition) is 5. The van der Waals surface area contributed by atoms with Crippen LogP contribution in [-0.2, 0) is 10.9 Å². The quantitative estimate of drug-likeness (QED) is 0.811. The molecule has 1 heterocycles. The average molecular weight is 315 g/mol. The molecule has 0 N–H and O–H groups in total. The van der Waals surface area contributed by atoms with E-state index in [2.05, 4.69) is 10.3 Å². The molecule has 2 aromatic rings. The van der Waals surface area contributed by atoms with Gasteiger partial charge < -0.3 is 9.47 Å². The van der Waals surface area contributed by atoms with Gasteiger partial charge in [-0.05, 0) is 25.1 Å². The molecule has 0 atom stereocenters. The molecule has 0 aliphatic heterocycles. The monoisotopic (exact) mass is 315 g/mol. The average Bonchev–Trinajstić information content (AvgIpc) is 2.96. The van der Waals surface area contributed by atoms with Crippen molar-refractivity contribution in [3.8, 4) is 11.4 Å². The largest absolute Gasteiger partial charge is 0.496 e. The lowest BCUT2D eigenvalue weighted by Crippen LogP contribution is -2.09. The maximum Gasteiger partial charge on any atom is 0.420 e. The Balaban J connectivity index is 2.39. The van der Waals surface area contributed by atoms with Crippen LogP contribution < -0.4 is 4.74 Å². The Labute approximate surface area is 123 Å². The second kappa shape index (κ2) is 6.04. The molecule has 0 fully saturated rings. The molecule has 9 heteroatoms. The van der Waals surface area contributed by atoms with E-state index in [1.807, 2.05) is 0 Å². The van der Waals surface area contributed by atoms with Gasteiger partial charge in [0.1, 0.15) is 5.75 Å². The normalized spacial score (nSPS) is 11.3. The van der Waals surface area contributed by atoms with E-state index in [0.717, 1.165) is 17.9 Å². The minimum Gasteiger partial charge on any atom is -0.496 e. The van der Waals surface area contributed by atoms with Gasteiger partial charge in [-0.3, -0.25) is 0 Å². The molecule has 0 spiro atoms. The fourth-order valence-electron chi connectivity index (χ4n) is 1.75. The molecular formula is C13H12F3N3O3. The Morgan fingerprint density at radius 2 is 2.09 bits per heavy atom. The Kier molecular flexibility index (Phi) is 4.34. The molecule has 0 bridgehead atoms. The first kappa shape index (κ1) is 15.8. The number of esters is 1. The van der Waals surface area contributed by atoms with Gasteiger partial charge in [0.05, 0.1) is 31.2 Å². The summed E-state index contributed by atoms with van der Waals surface area (Å²) < 4.78 is 49.4. The Hall–Kier alpha value is -2.58. The van der Waals surface area contributed by atoms with Crippen LogP contribution in [0.3, 0.4) is 0 Å². The number of carbonyl (C=O) groups is 1. The highest BCUT2D eigenvalue weighted by atomic mass is 19.4. The van der Waals surface area contributed by atoms with Crippen LogP contribution in [0.4, 0.5) is 13.2 Å². The number of rotatable bonds is 4. The third-order valence-corrected chi connectivity index (χ3v) is 2.73. The van der Waals surface area contributed by atoms with E-state index >= 15 is 0 Å². The zero-order valence-electron chi connectivity index (χ0n) is 11.7. The van der Waals surface area contributed by atoms with Gasteiger partial charge in [-0.25, -0.2) is 9.48 Å². The first-order valence-corrected chi connectivity index (χ1v) is 6.22. The second-order valence-electron chi connectivity index (χ2n) is 4.15. The van der Waals surface area contributed by atoms with Crippen molar-refractivity contribution in [1.29, 1.82) is 0 Å². The first-order valence-electron chi connectivity index (χ1n) is 6.22. The highest BCUT2D eigenvalue weighted by Gasteiger charge is 2.34. The molecule has 2 rings (SSSR count). The summed E-state index contributed by atoms with van der Waals surface area (Å²) in [7, 11) is 1.15. The standard InChI is InChI=1S/C13H12F3N3O3/c1-3-22-12(20)10-7-19(18-17-10)8-4-5-11(21-2)9(6-8)13(14,15)16/h4-7H,3H2,1-2H3. The number of aromatic nitrogens is 3. The third-order valence-electron chi connectivity index (χ3n) is 2.73. The number of hydrogen-bond donors (Lipinski definition) is 0. The predicted molar refractivity (Wildman–Crippen MR) is 68.9 cm³/mol. The van der Waals surface area contributed by atoms with Gasteiger partial charge in [-0.2, -0.15) is 13.2 Å². The lowest BCUT2D eigenvalue weighted by atomic mass is 10.1. The van der Waals surface area contributed by atoms with Gasteiger partial charge in [-0.1, -0.05) is 5.21 Å². The second-order valence-corrected chi connectivity index (χ2v) is 4.15. The maximum atomic E-state index is 13.0. The summed E-state index contributed by atoms with van der Waals surface area (Å²) >= 11 is 0. The number of benzene rings is 1. The van der Waals surface area contributed by atoms with E-state index in [9.17, 15) is 18.0 Å². The zero-order valence-corrected chi connectivity index (χ0v) is 11.7. The van der Waals surface area contributed by atoms with Crippen LogP contribution in [0.25, 0.3) is 5.69 Å². The lowest BCUT2D eigenvalue weighted by molar-refractivity contribution is -0.138. The smallest absolute Gasteiger partial charge is 0.420 e. The van der Waals surface area contributed by atoms with Gasteiger partial charge >= 0.3 is 12.1 Å². The lowest BCUT2D eigenvalue weighted by Gasteiger charge is -2.13. The van der Waals surface area contributed by atoms with Gasteiger partial charge in [0.15, 0.2) is 5.69 Å². The van der Waals surface area contributed by atoms with E-state index in [4.69, 9.17) is 9.47 Å². The molecule has 118 valence electrons. The van der Waals surface area contributed by atoms with Crippen molar-refractivity contribution >= 4 is 5.97 Å². The Bertz CT molecular complexity index is 683. The SMILES string of the molecule is CCOC(=O)c1cn(-c2ccc(OC)c(C(F)(F)F)c2)nn1. The van der Waals surface area contributed by atoms with Crippen molar-refractivity contribution < 1.29 is 27.4 Å². The zero-order chi connectivity index (χ0) is 16.3. The summed E-state index contributed by atoms with van der Waals surface area (Å²) in [5, 5.41) is 7.20. The van der Waals surface area contributed by atoms with Crippen molar-refractivity contribution in [3.63, 3.8) is 0 Å². The summed E-state index contributed by atoms with van der Waals surface area (Å²) in [5.41, 5.74) is -0.942. The van der Waals surface area contributed by atoms with Gasteiger partial charge in [0, 0.05) is 0 Å². The number of alkyl halides is 3. The van der Waals surface area contributed by atoms with Crippen LogP contribution in [-0.4, -0.2) is 34.7 Å². The first-order chi connectivity index (χ1) is 10.4. The van der Waals surface area contributed by atoms with Crippen LogP contribution in [0.2, 0.25) is 0 Å². The topological polar surface area (TPSA) is 66.2 Å². The molecule has 1 aromatic heterocycles. The molecule has 0 aliphatic rings. The molecule has 0 amide bonds. The van der Waals surface area contributed by atoms with Crippen molar-refractivity contribution in [3.05, 3.63) is 35.7 Å². The highest BCUT2D eigenvalue weighted by Crippen LogP contribution is 2.37. The van der Waals surface area contributed by atoms with E-state index in [1.54, 1.807) is 6.92 Å². The predicted octanol–water partition coefficient (Wildman–Crippen LogP) is 2.47. The van der Waals surface area contributed by atoms with Crippen LogP contribution in [0.5, 0.6) is 5.75 Å². The Morgan fingerprint density at radius 1 is 1.36 bits per heavy atom. The van der Waals surface area contributed by atoms with E-state index < -0.39 is 17.7 Å². The van der Waals surface area contributed by atoms with E-state index in [0.29, 0.717) is 0 Å². The van der Waals surface area contributed by atoms with Crippen LogP contribution in [0.1, 0.15) is 23.0 Å². The van der Waals surface area contributed by atoms with Crippen molar-refractivity contribution in [2.75, 3.05) is 13.7 Å². The fourth-order valence-corrected chi connectivity index (χ4v) is 1.75. The molecule has 22 heavy (non-hydrogen) atoms. The van der Waals surface area contributed by atoms with E-state index in [1.165, 1.54) is 18.3 Å². The van der Waals surface area contributed by atoms with Gasteiger partial charge in [0.25, 0.3) is 0 Å². The summed E-state index contributed by atoms with van der Waals surface area (Å²) in [6.45, 7) is 1.79. The van der Waals surface area contributed by atoms with Crippen molar-refractivity contribution in [2.24, 2.45) is 0 Å². The number of nitrogens with zero attached hydrogens (tertiary/aromatic N) is 3.